The fraction of sp³-hybridized carbons (Fsp3) is 0.0625. The van der Waals surface area contributed by atoms with E-state index in [4.69, 9.17) is 4.74 Å². The van der Waals surface area contributed by atoms with Gasteiger partial charge in [0.1, 0.15) is 5.75 Å². The largest absolute Gasteiger partial charge is 0.496 e. The van der Waals surface area contributed by atoms with Gasteiger partial charge in [-0.1, -0.05) is 36.4 Å². The van der Waals surface area contributed by atoms with Gasteiger partial charge in [-0.25, -0.2) is 4.98 Å². The molecule has 18 heavy (non-hydrogen) atoms. The third-order valence-electron chi connectivity index (χ3n) is 2.98. The number of pyridine rings is 1. The summed E-state index contributed by atoms with van der Waals surface area (Å²) < 4.78 is 5.37. The highest BCUT2D eigenvalue weighted by Crippen LogP contribution is 2.29. The van der Waals surface area contributed by atoms with E-state index >= 15 is 0 Å². The summed E-state index contributed by atoms with van der Waals surface area (Å²) in [5, 5.41) is 1.15. The van der Waals surface area contributed by atoms with Crippen LogP contribution in [0.25, 0.3) is 22.2 Å². The highest BCUT2D eigenvalue weighted by atomic mass is 16.5. The molecule has 2 heteroatoms. The van der Waals surface area contributed by atoms with Gasteiger partial charge >= 0.3 is 0 Å². The van der Waals surface area contributed by atoms with Crippen LogP contribution in [0.15, 0.2) is 60.7 Å². The van der Waals surface area contributed by atoms with Crippen molar-refractivity contribution in [3.63, 3.8) is 0 Å². The summed E-state index contributed by atoms with van der Waals surface area (Å²) >= 11 is 0. The van der Waals surface area contributed by atoms with Gasteiger partial charge in [0.05, 0.1) is 18.3 Å². The van der Waals surface area contributed by atoms with Crippen LogP contribution in [0.5, 0.6) is 5.75 Å². The normalized spacial score (nSPS) is 10.5. The van der Waals surface area contributed by atoms with E-state index in [1.165, 1.54) is 0 Å². The van der Waals surface area contributed by atoms with Gasteiger partial charge in [0.15, 0.2) is 0 Å². The van der Waals surface area contributed by atoms with Crippen LogP contribution in [0, 0.1) is 0 Å². The minimum absolute atomic E-state index is 0.847. The highest BCUT2D eigenvalue weighted by Gasteiger charge is 2.06. The number of methoxy groups -OCH3 is 1. The lowest BCUT2D eigenvalue weighted by atomic mass is 10.1. The summed E-state index contributed by atoms with van der Waals surface area (Å²) in [5.74, 6) is 0.847. The highest BCUT2D eigenvalue weighted by molar-refractivity contribution is 5.82. The number of rotatable bonds is 2. The molecule has 0 saturated carbocycles. The summed E-state index contributed by atoms with van der Waals surface area (Å²) in [6, 6.07) is 20.2. The number of hydrogen-bond donors (Lipinski definition) is 0. The fourth-order valence-corrected chi connectivity index (χ4v) is 2.07. The molecule has 0 atom stereocenters. The van der Waals surface area contributed by atoms with Gasteiger partial charge in [0.25, 0.3) is 0 Å². The van der Waals surface area contributed by atoms with Crippen molar-refractivity contribution in [2.45, 2.75) is 0 Å². The topological polar surface area (TPSA) is 22.1 Å². The standard InChI is InChI=1S/C16H13NO/c1-18-16-9-5-3-7-13(16)15-11-10-12-6-2-4-8-14(12)17-15/h2-11H,1H3. The Morgan fingerprint density at radius 1 is 0.833 bits per heavy atom. The molecule has 0 radical (unpaired) electrons. The van der Waals surface area contributed by atoms with Crippen molar-refractivity contribution in [2.24, 2.45) is 0 Å². The molecule has 1 aromatic heterocycles. The molecule has 0 aliphatic carbocycles. The SMILES string of the molecule is COc1ccccc1-c1ccc2ccccc2n1. The zero-order valence-corrected chi connectivity index (χ0v) is 10.1. The molecule has 0 bridgehead atoms. The van der Waals surface area contributed by atoms with E-state index in [9.17, 15) is 0 Å². The smallest absolute Gasteiger partial charge is 0.128 e. The van der Waals surface area contributed by atoms with Crippen LogP contribution < -0.4 is 4.74 Å². The molecule has 0 aliphatic rings. The first kappa shape index (κ1) is 10.8. The van der Waals surface area contributed by atoms with Gasteiger partial charge < -0.3 is 4.74 Å². The number of benzene rings is 2. The maximum atomic E-state index is 5.37. The summed E-state index contributed by atoms with van der Waals surface area (Å²) in [6.45, 7) is 0. The molecule has 3 aromatic rings. The number of ether oxygens (including phenoxy) is 1. The fourth-order valence-electron chi connectivity index (χ4n) is 2.07. The first-order valence-electron chi connectivity index (χ1n) is 5.87. The van der Waals surface area contributed by atoms with Gasteiger partial charge in [-0.2, -0.15) is 0 Å². The monoisotopic (exact) mass is 235 g/mol. The number of aromatic nitrogens is 1. The van der Waals surface area contributed by atoms with Crippen molar-refractivity contribution in [3.05, 3.63) is 60.7 Å². The number of nitrogens with zero attached hydrogens (tertiary/aromatic N) is 1. The van der Waals surface area contributed by atoms with E-state index in [0.717, 1.165) is 27.9 Å². The summed E-state index contributed by atoms with van der Waals surface area (Å²) in [7, 11) is 1.68. The number of fused-ring (bicyclic) bond motifs is 1. The van der Waals surface area contributed by atoms with Crippen molar-refractivity contribution < 1.29 is 4.74 Å². The Morgan fingerprint density at radius 3 is 2.50 bits per heavy atom. The Balaban J connectivity index is 2.19. The third-order valence-corrected chi connectivity index (χ3v) is 2.98. The zero-order chi connectivity index (χ0) is 12.4. The Morgan fingerprint density at radius 2 is 1.61 bits per heavy atom. The summed E-state index contributed by atoms with van der Waals surface area (Å²) in [5.41, 5.74) is 2.96. The second-order valence-corrected chi connectivity index (χ2v) is 4.09. The van der Waals surface area contributed by atoms with Crippen molar-refractivity contribution in [1.29, 1.82) is 0 Å². The molecule has 1 heterocycles. The minimum atomic E-state index is 0.847. The minimum Gasteiger partial charge on any atom is -0.496 e. The molecule has 0 amide bonds. The molecule has 0 unspecified atom stereocenters. The molecular formula is C16H13NO. The van der Waals surface area contributed by atoms with Gasteiger partial charge in [0, 0.05) is 10.9 Å². The Bertz CT molecular complexity index is 691. The lowest BCUT2D eigenvalue weighted by Crippen LogP contribution is -1.90. The molecule has 0 fully saturated rings. The van der Waals surface area contributed by atoms with Gasteiger partial charge in [0.2, 0.25) is 0 Å². The molecule has 0 spiro atoms. The molecule has 2 nitrogen and oxygen atoms in total. The maximum absolute atomic E-state index is 5.37. The molecule has 2 aromatic carbocycles. The lowest BCUT2D eigenvalue weighted by molar-refractivity contribution is 0.416. The summed E-state index contributed by atoms with van der Waals surface area (Å²) in [6.07, 6.45) is 0. The quantitative estimate of drug-likeness (QED) is 0.671. The summed E-state index contributed by atoms with van der Waals surface area (Å²) in [4.78, 5) is 4.67. The van der Waals surface area contributed by atoms with E-state index in [1.54, 1.807) is 7.11 Å². The average molecular weight is 235 g/mol. The van der Waals surface area contributed by atoms with E-state index < -0.39 is 0 Å². The predicted molar refractivity (Wildman–Crippen MR) is 73.7 cm³/mol. The number of hydrogen-bond acceptors (Lipinski definition) is 2. The van der Waals surface area contributed by atoms with E-state index in [2.05, 4.69) is 17.1 Å². The molecule has 0 N–H and O–H groups in total. The van der Waals surface area contributed by atoms with E-state index in [1.807, 2.05) is 48.5 Å². The first-order valence-corrected chi connectivity index (χ1v) is 5.87. The van der Waals surface area contributed by atoms with Crippen LogP contribution in [-0.4, -0.2) is 12.1 Å². The van der Waals surface area contributed by atoms with Crippen LogP contribution in [0.1, 0.15) is 0 Å². The lowest BCUT2D eigenvalue weighted by Gasteiger charge is -2.08. The predicted octanol–water partition coefficient (Wildman–Crippen LogP) is 3.91. The Kier molecular flexibility index (Phi) is 2.69. The van der Waals surface area contributed by atoms with Crippen molar-refractivity contribution in [2.75, 3.05) is 7.11 Å². The van der Waals surface area contributed by atoms with Gasteiger partial charge in [-0.3, -0.25) is 0 Å². The van der Waals surface area contributed by atoms with Crippen molar-refractivity contribution >= 4 is 10.9 Å². The molecule has 88 valence electrons. The Hall–Kier alpha value is -2.35. The maximum Gasteiger partial charge on any atom is 0.128 e. The second-order valence-electron chi connectivity index (χ2n) is 4.09. The molecule has 3 rings (SSSR count). The van der Waals surface area contributed by atoms with Gasteiger partial charge in [-0.05, 0) is 24.3 Å². The average Bonchev–Trinajstić information content (AvgIpc) is 2.46. The van der Waals surface area contributed by atoms with Crippen LogP contribution in [-0.2, 0) is 0 Å². The Labute approximate surface area is 106 Å². The van der Waals surface area contributed by atoms with Gasteiger partial charge in [-0.15, -0.1) is 0 Å². The van der Waals surface area contributed by atoms with Crippen molar-refractivity contribution in [3.8, 4) is 17.0 Å². The van der Waals surface area contributed by atoms with Crippen LogP contribution in [0.4, 0.5) is 0 Å². The van der Waals surface area contributed by atoms with Crippen LogP contribution in [0.3, 0.4) is 0 Å². The molecular weight excluding hydrogens is 222 g/mol. The zero-order valence-electron chi connectivity index (χ0n) is 10.1. The number of para-hydroxylation sites is 2. The van der Waals surface area contributed by atoms with Crippen LogP contribution >= 0.6 is 0 Å². The van der Waals surface area contributed by atoms with Crippen LogP contribution in [0.2, 0.25) is 0 Å². The molecule has 0 saturated heterocycles. The van der Waals surface area contributed by atoms with Crippen molar-refractivity contribution in [1.82, 2.24) is 4.98 Å². The first-order chi connectivity index (χ1) is 8.88. The molecule has 0 aliphatic heterocycles. The van der Waals surface area contributed by atoms with E-state index in [0.29, 0.717) is 0 Å². The van der Waals surface area contributed by atoms with E-state index in [-0.39, 0.29) is 0 Å². The third kappa shape index (κ3) is 1.82. The second kappa shape index (κ2) is 4.49.